The molecule has 4 rings (SSSR count). The Morgan fingerprint density at radius 1 is 1.38 bits per heavy atom. The molecule has 0 spiro atoms. The largest absolute Gasteiger partial charge is 0.390 e. The summed E-state index contributed by atoms with van der Waals surface area (Å²) in [5, 5.41) is 10.0. The Bertz CT molecular complexity index is 464. The third-order valence-electron chi connectivity index (χ3n) is 3.53. The molecule has 3 aliphatic rings. The number of benzene rings is 1. The first-order valence-electron chi connectivity index (χ1n) is 5.47. The van der Waals surface area contributed by atoms with Gasteiger partial charge in [0, 0.05) is 5.56 Å². The van der Waals surface area contributed by atoms with Gasteiger partial charge in [-0.2, -0.15) is 0 Å². The average molecular weight is 218 g/mol. The number of hydrogen-bond donors (Lipinski definition) is 1. The van der Waals surface area contributed by atoms with Crippen LogP contribution >= 0.6 is 0 Å². The van der Waals surface area contributed by atoms with Gasteiger partial charge in [-0.1, -0.05) is 24.3 Å². The molecule has 84 valence electrons. The maximum Gasteiger partial charge on any atom is 0.175 e. The topological polar surface area (TPSA) is 38.7 Å². The van der Waals surface area contributed by atoms with Gasteiger partial charge < -0.3 is 5.11 Å². The van der Waals surface area contributed by atoms with E-state index in [1.54, 1.807) is 6.92 Å². The van der Waals surface area contributed by atoms with Crippen molar-refractivity contribution in [3.63, 3.8) is 0 Å². The standard InChI is InChI=1S/C13H14O3/c1-8-7-12-10-5-3-4-6-11(10)13(8,9(2)14)16-15-12/h3-7,9,12,14H,1-2H3/t9-,12-,13-/m0/s1. The van der Waals surface area contributed by atoms with Crippen LogP contribution in [-0.4, -0.2) is 11.2 Å². The van der Waals surface area contributed by atoms with Crippen molar-refractivity contribution in [2.24, 2.45) is 0 Å². The van der Waals surface area contributed by atoms with Gasteiger partial charge in [-0.15, -0.1) is 0 Å². The molecule has 1 aromatic carbocycles. The summed E-state index contributed by atoms with van der Waals surface area (Å²) in [6.45, 7) is 3.70. The predicted molar refractivity (Wildman–Crippen MR) is 58.5 cm³/mol. The molecule has 0 saturated carbocycles. The summed E-state index contributed by atoms with van der Waals surface area (Å²) in [5.41, 5.74) is 2.28. The van der Waals surface area contributed by atoms with Crippen molar-refractivity contribution in [1.29, 1.82) is 0 Å². The van der Waals surface area contributed by atoms with E-state index in [0.29, 0.717) is 0 Å². The quantitative estimate of drug-likeness (QED) is 0.580. The van der Waals surface area contributed by atoms with Gasteiger partial charge in [-0.25, -0.2) is 9.78 Å². The van der Waals surface area contributed by atoms with Gasteiger partial charge in [0.2, 0.25) is 0 Å². The molecular weight excluding hydrogens is 204 g/mol. The number of rotatable bonds is 1. The van der Waals surface area contributed by atoms with Crippen LogP contribution in [0.4, 0.5) is 0 Å². The van der Waals surface area contributed by atoms with Crippen molar-refractivity contribution in [2.75, 3.05) is 0 Å². The number of aliphatic hydroxyl groups is 1. The molecule has 3 atom stereocenters. The molecule has 0 amide bonds. The van der Waals surface area contributed by atoms with E-state index in [2.05, 4.69) is 0 Å². The number of aliphatic hydroxyl groups excluding tert-OH is 1. The van der Waals surface area contributed by atoms with E-state index in [9.17, 15) is 5.11 Å². The third kappa shape index (κ3) is 1.03. The zero-order chi connectivity index (χ0) is 11.3. The third-order valence-corrected chi connectivity index (χ3v) is 3.53. The highest BCUT2D eigenvalue weighted by atomic mass is 17.2. The number of hydrogen-bond acceptors (Lipinski definition) is 3. The lowest BCUT2D eigenvalue weighted by Crippen LogP contribution is -2.48. The predicted octanol–water partition coefficient (Wildman–Crippen LogP) is 2.23. The van der Waals surface area contributed by atoms with Crippen LogP contribution in [0, 0.1) is 0 Å². The molecule has 0 unspecified atom stereocenters. The molecule has 2 bridgehead atoms. The van der Waals surface area contributed by atoms with Crippen molar-refractivity contribution in [2.45, 2.75) is 31.7 Å². The smallest absolute Gasteiger partial charge is 0.175 e. The monoisotopic (exact) mass is 218 g/mol. The van der Waals surface area contributed by atoms with Gasteiger partial charge in [-0.3, -0.25) is 0 Å². The van der Waals surface area contributed by atoms with Crippen LogP contribution in [0.2, 0.25) is 0 Å². The van der Waals surface area contributed by atoms with E-state index in [1.165, 1.54) is 0 Å². The molecule has 3 nitrogen and oxygen atoms in total. The lowest BCUT2D eigenvalue weighted by atomic mass is 9.74. The Labute approximate surface area is 94.2 Å². The van der Waals surface area contributed by atoms with Crippen LogP contribution in [-0.2, 0) is 15.4 Å². The normalized spacial score (nSPS) is 33.2. The van der Waals surface area contributed by atoms with Gasteiger partial charge >= 0.3 is 0 Å². The summed E-state index contributed by atoms with van der Waals surface area (Å²) < 4.78 is 0. The second-order valence-corrected chi connectivity index (χ2v) is 4.45. The van der Waals surface area contributed by atoms with Crippen LogP contribution in [0.1, 0.15) is 31.1 Å². The summed E-state index contributed by atoms with van der Waals surface area (Å²) in [5.74, 6) is 0. The van der Waals surface area contributed by atoms with E-state index in [4.69, 9.17) is 9.78 Å². The van der Waals surface area contributed by atoms with E-state index in [0.717, 1.165) is 16.7 Å². The van der Waals surface area contributed by atoms with Crippen molar-refractivity contribution in [3.8, 4) is 0 Å². The molecule has 3 heteroatoms. The molecule has 2 aliphatic heterocycles. The minimum absolute atomic E-state index is 0.142. The van der Waals surface area contributed by atoms with Gasteiger partial charge in [0.1, 0.15) is 6.10 Å². The first-order chi connectivity index (χ1) is 7.66. The summed E-state index contributed by atoms with van der Waals surface area (Å²) >= 11 is 0. The fourth-order valence-corrected chi connectivity index (χ4v) is 2.68. The zero-order valence-corrected chi connectivity index (χ0v) is 9.31. The van der Waals surface area contributed by atoms with Crippen LogP contribution < -0.4 is 0 Å². The molecule has 0 fully saturated rings. The fraction of sp³-hybridized carbons (Fsp3) is 0.385. The summed E-state index contributed by atoms with van der Waals surface area (Å²) in [4.78, 5) is 10.7. The van der Waals surface area contributed by atoms with Crippen molar-refractivity contribution < 1.29 is 14.9 Å². The first-order valence-corrected chi connectivity index (χ1v) is 5.47. The summed E-state index contributed by atoms with van der Waals surface area (Å²) in [7, 11) is 0. The number of fused-ring (bicyclic) bond motifs is 1. The van der Waals surface area contributed by atoms with Crippen LogP contribution in [0.5, 0.6) is 0 Å². The molecule has 0 saturated heterocycles. The van der Waals surface area contributed by atoms with E-state index in [1.807, 2.05) is 37.3 Å². The van der Waals surface area contributed by atoms with Crippen molar-refractivity contribution in [1.82, 2.24) is 0 Å². The highest BCUT2D eigenvalue weighted by Gasteiger charge is 2.51. The lowest BCUT2D eigenvalue weighted by Gasteiger charge is -2.46. The maximum atomic E-state index is 10.0. The van der Waals surface area contributed by atoms with Gasteiger partial charge in [0.05, 0.1) is 6.10 Å². The van der Waals surface area contributed by atoms with E-state index >= 15 is 0 Å². The van der Waals surface area contributed by atoms with Crippen molar-refractivity contribution >= 4 is 0 Å². The minimum Gasteiger partial charge on any atom is -0.390 e. The molecule has 1 N–H and O–H groups in total. The second-order valence-electron chi connectivity index (χ2n) is 4.45. The molecule has 16 heavy (non-hydrogen) atoms. The first kappa shape index (κ1) is 10.0. The SMILES string of the molecule is CC1=C[C@@H]2OO[C@@]1([C@H](C)O)c1ccccc12. The fourth-order valence-electron chi connectivity index (χ4n) is 2.68. The van der Waals surface area contributed by atoms with E-state index < -0.39 is 11.7 Å². The summed E-state index contributed by atoms with van der Waals surface area (Å²) in [6, 6.07) is 7.94. The lowest BCUT2D eigenvalue weighted by molar-refractivity contribution is -0.408. The molecular formula is C13H14O3. The van der Waals surface area contributed by atoms with Gasteiger partial charge in [0.25, 0.3) is 0 Å². The highest BCUT2D eigenvalue weighted by Crippen LogP contribution is 2.51. The summed E-state index contributed by atoms with van der Waals surface area (Å²) in [6.07, 6.45) is 1.22. The highest BCUT2D eigenvalue weighted by molar-refractivity contribution is 5.48. The molecule has 0 aromatic heterocycles. The van der Waals surface area contributed by atoms with Crippen LogP contribution in [0.25, 0.3) is 0 Å². The molecule has 2 heterocycles. The molecule has 1 aliphatic carbocycles. The zero-order valence-electron chi connectivity index (χ0n) is 9.31. The van der Waals surface area contributed by atoms with E-state index in [-0.39, 0.29) is 6.10 Å². The maximum absolute atomic E-state index is 10.0. The minimum atomic E-state index is -0.828. The second kappa shape index (κ2) is 3.17. The van der Waals surface area contributed by atoms with Crippen LogP contribution in [0.3, 0.4) is 0 Å². The Morgan fingerprint density at radius 2 is 2.12 bits per heavy atom. The Balaban J connectivity index is 2.29. The molecule has 0 radical (unpaired) electrons. The molecule has 1 aromatic rings. The van der Waals surface area contributed by atoms with Gasteiger partial charge in [-0.05, 0) is 31.1 Å². The van der Waals surface area contributed by atoms with Crippen molar-refractivity contribution in [3.05, 3.63) is 47.0 Å². The van der Waals surface area contributed by atoms with Crippen LogP contribution in [0.15, 0.2) is 35.9 Å². The average Bonchev–Trinajstić information content (AvgIpc) is 2.29. The van der Waals surface area contributed by atoms with Gasteiger partial charge in [0.15, 0.2) is 5.60 Å². The Morgan fingerprint density at radius 3 is 2.81 bits per heavy atom. The Hall–Kier alpha value is -1.16. The Kier molecular flexibility index (Phi) is 1.98.